The van der Waals surface area contributed by atoms with E-state index < -0.39 is 24.9 Å². The Hall–Kier alpha value is -2.17. The van der Waals surface area contributed by atoms with Crippen LogP contribution >= 0.6 is 0 Å². The van der Waals surface area contributed by atoms with Crippen molar-refractivity contribution in [1.82, 2.24) is 4.90 Å². The van der Waals surface area contributed by atoms with E-state index in [0.717, 1.165) is 0 Å². The van der Waals surface area contributed by atoms with E-state index in [9.17, 15) is 20.0 Å². The van der Waals surface area contributed by atoms with Gasteiger partial charge in [-0.1, -0.05) is 32.9 Å². The van der Waals surface area contributed by atoms with Crippen molar-refractivity contribution < 1.29 is 28.7 Å². The van der Waals surface area contributed by atoms with Crippen LogP contribution in [0, 0.1) is 10.1 Å². The lowest BCUT2D eigenvalue weighted by Crippen LogP contribution is -2.50. The third-order valence-corrected chi connectivity index (χ3v) is 11.2. The predicted octanol–water partition coefficient (Wildman–Crippen LogP) is 5.17. The number of amides is 1. The van der Waals surface area contributed by atoms with E-state index in [0.29, 0.717) is 30.9 Å². The third-order valence-electron chi connectivity index (χ3n) is 6.67. The topological polar surface area (TPSA) is 111 Å². The van der Waals surface area contributed by atoms with Gasteiger partial charge in [0.2, 0.25) is 6.54 Å². The molecule has 1 heterocycles. The van der Waals surface area contributed by atoms with Gasteiger partial charge in [0.1, 0.15) is 17.5 Å². The van der Waals surface area contributed by atoms with Gasteiger partial charge in [-0.15, -0.1) is 0 Å². The zero-order valence-electron chi connectivity index (χ0n) is 22.4. The Balaban J connectivity index is 2.15. The number of nitrogens with zero attached hydrogens (tertiary/aromatic N) is 2. The minimum absolute atomic E-state index is 0.0323. The first-order valence-electron chi connectivity index (χ1n) is 12.2. The summed E-state index contributed by atoms with van der Waals surface area (Å²) in [5, 5.41) is 20.8. The SMILES string of the molecule is CC(C)(C)OC(=O)N1CC[C@@H](Oc2ccc(C(O)CC[N+](=O)[O-])cc2)[C@H]1CO[Si](C)(C)C(C)(C)C. The summed E-state index contributed by atoms with van der Waals surface area (Å²) in [4.78, 5) is 24.8. The summed E-state index contributed by atoms with van der Waals surface area (Å²) in [5.41, 5.74) is -0.00830. The number of rotatable bonds is 9. The summed E-state index contributed by atoms with van der Waals surface area (Å²) in [5.74, 6) is 0.601. The second kappa shape index (κ2) is 11.3. The molecular formula is C25H42N2O7Si. The molecule has 0 aliphatic carbocycles. The van der Waals surface area contributed by atoms with Crippen molar-refractivity contribution in [1.29, 1.82) is 0 Å². The molecule has 1 aliphatic heterocycles. The maximum absolute atomic E-state index is 12.9. The highest BCUT2D eigenvalue weighted by atomic mass is 28.4. The normalized spacial score (nSPS) is 20.0. The molecule has 1 amide bonds. The van der Waals surface area contributed by atoms with Gasteiger partial charge in [-0.2, -0.15) is 0 Å². The van der Waals surface area contributed by atoms with Crippen LogP contribution in [0.3, 0.4) is 0 Å². The Morgan fingerprint density at radius 2 is 1.80 bits per heavy atom. The van der Waals surface area contributed by atoms with Gasteiger partial charge in [0.15, 0.2) is 8.32 Å². The van der Waals surface area contributed by atoms with Crippen LogP contribution in [0.25, 0.3) is 0 Å². The molecule has 0 spiro atoms. The highest BCUT2D eigenvalue weighted by Crippen LogP contribution is 2.37. The highest BCUT2D eigenvalue weighted by molar-refractivity contribution is 6.74. The van der Waals surface area contributed by atoms with Crippen LogP contribution in [0.5, 0.6) is 5.75 Å². The summed E-state index contributed by atoms with van der Waals surface area (Å²) in [6, 6.07) is 6.60. The van der Waals surface area contributed by atoms with E-state index in [1.165, 1.54) is 0 Å². The summed E-state index contributed by atoms with van der Waals surface area (Å²) < 4.78 is 18.4. The van der Waals surface area contributed by atoms with Crippen molar-refractivity contribution in [2.75, 3.05) is 19.7 Å². The molecule has 1 aliphatic rings. The molecule has 0 saturated carbocycles. The van der Waals surface area contributed by atoms with Crippen molar-refractivity contribution in [3.05, 3.63) is 39.9 Å². The molecule has 1 aromatic carbocycles. The van der Waals surface area contributed by atoms with Gasteiger partial charge < -0.3 is 19.0 Å². The van der Waals surface area contributed by atoms with Crippen LogP contribution in [0.1, 0.15) is 66.1 Å². The quantitative estimate of drug-likeness (QED) is 0.277. The molecule has 10 heteroatoms. The van der Waals surface area contributed by atoms with Gasteiger partial charge >= 0.3 is 6.09 Å². The number of nitro groups is 1. The number of aliphatic hydroxyl groups is 1. The summed E-state index contributed by atoms with van der Waals surface area (Å²) in [6.07, 6.45) is -0.880. The number of hydrogen-bond acceptors (Lipinski definition) is 7. The molecule has 2 rings (SSSR count). The Bertz CT molecular complexity index is 862. The number of aliphatic hydroxyl groups excluding tert-OH is 1. The van der Waals surface area contributed by atoms with Crippen LogP contribution in [-0.2, 0) is 9.16 Å². The molecule has 0 radical (unpaired) electrons. The Kier molecular flexibility index (Phi) is 9.35. The fraction of sp³-hybridized carbons (Fsp3) is 0.720. The molecule has 1 saturated heterocycles. The first kappa shape index (κ1) is 29.1. The molecule has 1 N–H and O–H groups in total. The smallest absolute Gasteiger partial charge is 0.410 e. The first-order chi connectivity index (χ1) is 16.0. The lowest BCUT2D eigenvalue weighted by Gasteiger charge is -2.38. The second-order valence-electron chi connectivity index (χ2n) is 11.7. The number of carbonyl (C=O) groups excluding carboxylic acids is 1. The lowest BCUT2D eigenvalue weighted by atomic mass is 10.1. The Morgan fingerprint density at radius 1 is 1.20 bits per heavy atom. The van der Waals surface area contributed by atoms with Gasteiger partial charge in [0.25, 0.3) is 0 Å². The minimum Gasteiger partial charge on any atom is -0.488 e. The van der Waals surface area contributed by atoms with Crippen LogP contribution in [0.2, 0.25) is 18.1 Å². The number of hydrogen-bond donors (Lipinski definition) is 1. The number of carbonyl (C=O) groups is 1. The van der Waals surface area contributed by atoms with Crippen molar-refractivity contribution in [2.45, 2.75) is 96.4 Å². The third kappa shape index (κ3) is 8.47. The second-order valence-corrected chi connectivity index (χ2v) is 16.5. The molecule has 1 aromatic rings. The van der Waals surface area contributed by atoms with Gasteiger partial charge in [0.05, 0.1) is 18.8 Å². The van der Waals surface area contributed by atoms with E-state index in [1.807, 2.05) is 20.8 Å². The molecule has 0 aromatic heterocycles. The highest BCUT2D eigenvalue weighted by Gasteiger charge is 2.44. The number of benzene rings is 1. The molecular weight excluding hydrogens is 468 g/mol. The zero-order valence-corrected chi connectivity index (χ0v) is 23.4. The van der Waals surface area contributed by atoms with E-state index in [1.54, 1.807) is 29.2 Å². The summed E-state index contributed by atoms with van der Waals surface area (Å²) in [6.45, 7) is 17.0. The average Bonchev–Trinajstić information content (AvgIpc) is 3.11. The standard InChI is InChI=1S/C25H42N2O7Si/c1-24(2,3)34-23(29)26-15-14-22(20(26)17-32-35(7,8)25(4,5)6)33-19-11-9-18(10-12-19)21(28)13-16-27(30)31/h9-12,20-22,28H,13-17H2,1-8H3/t20-,21?,22-/m1/s1. The number of likely N-dealkylation sites (tertiary alicyclic amines) is 1. The summed E-state index contributed by atoms with van der Waals surface area (Å²) in [7, 11) is -2.05. The van der Waals surface area contributed by atoms with E-state index >= 15 is 0 Å². The fourth-order valence-electron chi connectivity index (χ4n) is 3.56. The van der Waals surface area contributed by atoms with Crippen molar-refractivity contribution in [2.24, 2.45) is 0 Å². The van der Waals surface area contributed by atoms with Gasteiger partial charge in [-0.05, 0) is 56.6 Å². The van der Waals surface area contributed by atoms with E-state index in [4.69, 9.17) is 13.9 Å². The van der Waals surface area contributed by atoms with Gasteiger partial charge in [-0.3, -0.25) is 15.0 Å². The molecule has 9 nitrogen and oxygen atoms in total. The van der Waals surface area contributed by atoms with E-state index in [-0.39, 0.29) is 36.2 Å². The lowest BCUT2D eigenvalue weighted by molar-refractivity contribution is -0.482. The van der Waals surface area contributed by atoms with Crippen LogP contribution in [-0.4, -0.2) is 66.8 Å². The van der Waals surface area contributed by atoms with Crippen LogP contribution in [0.4, 0.5) is 4.79 Å². The monoisotopic (exact) mass is 510 g/mol. The van der Waals surface area contributed by atoms with E-state index in [2.05, 4.69) is 33.9 Å². The van der Waals surface area contributed by atoms with Crippen molar-refractivity contribution in [3.63, 3.8) is 0 Å². The van der Waals surface area contributed by atoms with Crippen molar-refractivity contribution in [3.8, 4) is 5.75 Å². The molecule has 198 valence electrons. The molecule has 1 fully saturated rings. The largest absolute Gasteiger partial charge is 0.488 e. The Morgan fingerprint density at radius 3 is 2.31 bits per heavy atom. The Labute approximate surface area is 210 Å². The maximum atomic E-state index is 12.9. The first-order valence-corrected chi connectivity index (χ1v) is 15.1. The van der Waals surface area contributed by atoms with Gasteiger partial charge in [0, 0.05) is 24.3 Å². The van der Waals surface area contributed by atoms with Crippen LogP contribution in [0.15, 0.2) is 24.3 Å². The van der Waals surface area contributed by atoms with Gasteiger partial charge in [-0.25, -0.2) is 4.79 Å². The minimum atomic E-state index is -2.05. The number of ether oxygens (including phenoxy) is 2. The van der Waals surface area contributed by atoms with Crippen molar-refractivity contribution >= 4 is 14.4 Å². The average molecular weight is 511 g/mol. The molecule has 3 atom stereocenters. The molecule has 1 unspecified atom stereocenters. The molecule has 35 heavy (non-hydrogen) atoms. The maximum Gasteiger partial charge on any atom is 0.410 e. The fourth-order valence-corrected chi connectivity index (χ4v) is 4.58. The van der Waals surface area contributed by atoms with Crippen LogP contribution < -0.4 is 4.74 Å². The summed E-state index contributed by atoms with van der Waals surface area (Å²) >= 11 is 0. The predicted molar refractivity (Wildman–Crippen MR) is 137 cm³/mol. The molecule has 0 bridgehead atoms. The zero-order chi connectivity index (χ0) is 26.6.